The van der Waals surface area contributed by atoms with Gasteiger partial charge in [-0.2, -0.15) is 0 Å². The fraction of sp³-hybridized carbons (Fsp3) is 0.462. The number of sulfone groups is 1. The zero-order chi connectivity index (χ0) is 13.9. The van der Waals surface area contributed by atoms with E-state index in [9.17, 15) is 13.2 Å². The Balaban J connectivity index is 1.85. The highest BCUT2D eigenvalue weighted by atomic mass is 32.2. The Morgan fingerprint density at radius 2 is 1.95 bits per heavy atom. The fourth-order valence-electron chi connectivity index (χ4n) is 2.12. The van der Waals surface area contributed by atoms with Crippen molar-refractivity contribution in [1.29, 1.82) is 0 Å². The van der Waals surface area contributed by atoms with Gasteiger partial charge in [-0.05, 0) is 24.1 Å². The lowest BCUT2D eigenvalue weighted by atomic mass is 10.1. The van der Waals surface area contributed by atoms with E-state index in [-0.39, 0.29) is 17.4 Å². The molecule has 2 rings (SSSR count). The van der Waals surface area contributed by atoms with E-state index in [2.05, 4.69) is 0 Å². The number of nitrogens with two attached hydrogens (primary N) is 1. The second-order valence-corrected chi connectivity index (χ2v) is 7.08. The van der Waals surface area contributed by atoms with Crippen LogP contribution < -0.4 is 5.73 Å². The first kappa shape index (κ1) is 13.9. The number of nitrogen functional groups attached to an aromatic ring is 1. The molecule has 5 nitrogen and oxygen atoms in total. The third-order valence-corrected chi connectivity index (χ3v) is 4.88. The second kappa shape index (κ2) is 5.61. The number of amides is 1. The lowest BCUT2D eigenvalue weighted by Crippen LogP contribution is -2.43. The monoisotopic (exact) mass is 282 g/mol. The van der Waals surface area contributed by atoms with Crippen LogP contribution in [0.3, 0.4) is 0 Å². The van der Waals surface area contributed by atoms with Gasteiger partial charge in [0.15, 0.2) is 9.84 Å². The predicted molar refractivity (Wildman–Crippen MR) is 74.4 cm³/mol. The molecule has 2 N–H and O–H groups in total. The number of anilines is 1. The van der Waals surface area contributed by atoms with Crippen molar-refractivity contribution in [3.63, 3.8) is 0 Å². The normalized spacial score (nSPS) is 18.2. The van der Waals surface area contributed by atoms with Crippen molar-refractivity contribution in [3.8, 4) is 0 Å². The minimum absolute atomic E-state index is 0.0114. The molecule has 0 aromatic heterocycles. The van der Waals surface area contributed by atoms with Crippen LogP contribution in [0, 0.1) is 0 Å². The Hall–Kier alpha value is -1.56. The fourth-order valence-corrected chi connectivity index (χ4v) is 3.32. The molecule has 19 heavy (non-hydrogen) atoms. The Labute approximate surface area is 113 Å². The number of rotatable bonds is 3. The molecule has 1 aromatic carbocycles. The van der Waals surface area contributed by atoms with Gasteiger partial charge in [0, 0.05) is 25.2 Å². The maximum Gasteiger partial charge on any atom is 0.222 e. The lowest BCUT2D eigenvalue weighted by molar-refractivity contribution is -0.130. The first-order valence-corrected chi connectivity index (χ1v) is 8.11. The average molecular weight is 282 g/mol. The molecule has 0 aliphatic carbocycles. The van der Waals surface area contributed by atoms with Gasteiger partial charge in [-0.15, -0.1) is 0 Å². The van der Waals surface area contributed by atoms with Crippen molar-refractivity contribution in [2.75, 3.05) is 30.3 Å². The standard InChI is InChI=1S/C13H18N2O3S/c14-12-3-1-2-11(10-12)4-5-13(16)15-6-8-19(17,18)9-7-15/h1-3,10H,4-9,14H2. The molecule has 0 atom stereocenters. The second-order valence-electron chi connectivity index (χ2n) is 4.78. The van der Waals surface area contributed by atoms with E-state index in [1.807, 2.05) is 18.2 Å². The van der Waals surface area contributed by atoms with Crippen LogP contribution in [0.5, 0.6) is 0 Å². The molecular weight excluding hydrogens is 264 g/mol. The van der Waals surface area contributed by atoms with Gasteiger partial charge in [0.25, 0.3) is 0 Å². The van der Waals surface area contributed by atoms with E-state index in [4.69, 9.17) is 5.73 Å². The van der Waals surface area contributed by atoms with E-state index < -0.39 is 9.84 Å². The van der Waals surface area contributed by atoms with Gasteiger partial charge >= 0.3 is 0 Å². The highest BCUT2D eigenvalue weighted by molar-refractivity contribution is 7.91. The molecule has 1 fully saturated rings. The van der Waals surface area contributed by atoms with Crippen LogP contribution in [-0.4, -0.2) is 43.8 Å². The number of carbonyl (C=O) groups is 1. The SMILES string of the molecule is Nc1cccc(CCC(=O)N2CCS(=O)(=O)CC2)c1. The summed E-state index contributed by atoms with van der Waals surface area (Å²) in [7, 11) is -2.93. The number of aryl methyl sites for hydroxylation is 1. The molecule has 1 saturated heterocycles. The first-order valence-electron chi connectivity index (χ1n) is 6.29. The topological polar surface area (TPSA) is 80.5 Å². The largest absolute Gasteiger partial charge is 0.399 e. The minimum Gasteiger partial charge on any atom is -0.399 e. The molecule has 0 unspecified atom stereocenters. The van der Waals surface area contributed by atoms with Gasteiger partial charge in [-0.25, -0.2) is 8.42 Å². The van der Waals surface area contributed by atoms with Crippen LogP contribution in [0.2, 0.25) is 0 Å². The highest BCUT2D eigenvalue weighted by Crippen LogP contribution is 2.11. The van der Waals surface area contributed by atoms with Gasteiger partial charge in [0.2, 0.25) is 5.91 Å². The molecule has 104 valence electrons. The summed E-state index contributed by atoms with van der Waals surface area (Å²) in [6.07, 6.45) is 1.02. The van der Waals surface area contributed by atoms with Gasteiger partial charge < -0.3 is 10.6 Å². The summed E-state index contributed by atoms with van der Waals surface area (Å²) in [4.78, 5) is 13.6. The van der Waals surface area contributed by atoms with Crippen molar-refractivity contribution in [2.45, 2.75) is 12.8 Å². The summed E-state index contributed by atoms with van der Waals surface area (Å²) < 4.78 is 22.6. The van der Waals surface area contributed by atoms with Crippen molar-refractivity contribution < 1.29 is 13.2 Å². The molecule has 6 heteroatoms. The van der Waals surface area contributed by atoms with E-state index in [1.54, 1.807) is 11.0 Å². The van der Waals surface area contributed by atoms with E-state index >= 15 is 0 Å². The van der Waals surface area contributed by atoms with Crippen molar-refractivity contribution in [2.24, 2.45) is 0 Å². The zero-order valence-corrected chi connectivity index (χ0v) is 11.5. The van der Waals surface area contributed by atoms with Crippen LogP contribution >= 0.6 is 0 Å². The molecule has 0 radical (unpaired) electrons. The molecular formula is C13H18N2O3S. The zero-order valence-electron chi connectivity index (χ0n) is 10.7. The van der Waals surface area contributed by atoms with Gasteiger partial charge in [-0.3, -0.25) is 4.79 Å². The number of benzene rings is 1. The van der Waals surface area contributed by atoms with Gasteiger partial charge in [-0.1, -0.05) is 12.1 Å². The summed E-state index contributed by atoms with van der Waals surface area (Å²) in [6.45, 7) is 0.635. The Bertz CT molecular complexity index is 555. The molecule has 1 aromatic rings. The summed E-state index contributed by atoms with van der Waals surface area (Å²) in [6, 6.07) is 7.46. The van der Waals surface area contributed by atoms with Crippen LogP contribution in [0.25, 0.3) is 0 Å². The Morgan fingerprint density at radius 3 is 2.58 bits per heavy atom. The van der Waals surface area contributed by atoms with Crippen LogP contribution in [0.1, 0.15) is 12.0 Å². The third kappa shape index (κ3) is 3.96. The Kier molecular flexibility index (Phi) is 4.09. The van der Waals surface area contributed by atoms with Crippen molar-refractivity contribution in [3.05, 3.63) is 29.8 Å². The molecule has 1 heterocycles. The lowest BCUT2D eigenvalue weighted by Gasteiger charge is -2.26. The third-order valence-electron chi connectivity index (χ3n) is 3.28. The minimum atomic E-state index is -2.93. The number of hydrogen-bond acceptors (Lipinski definition) is 4. The summed E-state index contributed by atoms with van der Waals surface area (Å²) in [5, 5.41) is 0. The molecule has 1 aliphatic heterocycles. The molecule has 0 spiro atoms. The van der Waals surface area contributed by atoms with E-state index in [1.165, 1.54) is 0 Å². The molecule has 0 bridgehead atoms. The van der Waals surface area contributed by atoms with Crippen molar-refractivity contribution >= 4 is 21.4 Å². The van der Waals surface area contributed by atoms with Gasteiger partial charge in [0.1, 0.15) is 0 Å². The van der Waals surface area contributed by atoms with Crippen LogP contribution in [0.4, 0.5) is 5.69 Å². The highest BCUT2D eigenvalue weighted by Gasteiger charge is 2.24. The number of nitrogens with zero attached hydrogens (tertiary/aromatic N) is 1. The van der Waals surface area contributed by atoms with Gasteiger partial charge in [0.05, 0.1) is 11.5 Å². The summed E-state index contributed by atoms with van der Waals surface area (Å²) in [5.74, 6) is 0.172. The number of hydrogen-bond donors (Lipinski definition) is 1. The summed E-state index contributed by atoms with van der Waals surface area (Å²) >= 11 is 0. The maximum atomic E-state index is 12.0. The Morgan fingerprint density at radius 1 is 1.26 bits per heavy atom. The maximum absolute atomic E-state index is 12.0. The molecule has 0 saturated carbocycles. The molecule has 1 aliphatic rings. The van der Waals surface area contributed by atoms with Crippen molar-refractivity contribution in [1.82, 2.24) is 4.90 Å². The number of carbonyl (C=O) groups excluding carboxylic acids is 1. The predicted octanol–water partition coefficient (Wildman–Crippen LogP) is 0.458. The quantitative estimate of drug-likeness (QED) is 0.817. The molecule has 1 amide bonds. The summed E-state index contributed by atoms with van der Waals surface area (Å²) in [5.41, 5.74) is 7.39. The average Bonchev–Trinajstić information content (AvgIpc) is 2.36. The van der Waals surface area contributed by atoms with Crippen LogP contribution in [-0.2, 0) is 21.1 Å². The van der Waals surface area contributed by atoms with Crippen LogP contribution in [0.15, 0.2) is 24.3 Å². The first-order chi connectivity index (χ1) is 8.96. The van der Waals surface area contributed by atoms with E-state index in [0.717, 1.165) is 5.56 Å². The smallest absolute Gasteiger partial charge is 0.222 e. The van der Waals surface area contributed by atoms with E-state index in [0.29, 0.717) is 31.6 Å².